The first-order chi connectivity index (χ1) is 54.3. The van der Waals surface area contributed by atoms with Crippen LogP contribution >= 0.6 is 0 Å². The molecule has 10 fully saturated rings. The second-order valence-electron chi connectivity index (χ2n) is 35.8. The minimum absolute atomic E-state index is 0.0333. The molecule has 6 aliphatic heterocycles. The number of allylic oxidation sites excluding steroid dienone is 2. The summed E-state index contributed by atoms with van der Waals surface area (Å²) in [6.45, 7) is 10.7. The number of amides is 2. The predicted molar refractivity (Wildman–Crippen MR) is 390 cm³/mol. The Morgan fingerprint density at radius 2 is 1.10 bits per heavy atom. The van der Waals surface area contributed by atoms with E-state index >= 15 is 4.79 Å². The van der Waals surface area contributed by atoms with Gasteiger partial charge < -0.3 is 164 Å². The van der Waals surface area contributed by atoms with E-state index in [1.54, 1.807) is 6.92 Å². The predicted octanol–water partition coefficient (Wildman–Crippen LogP) is -3.14. The van der Waals surface area contributed by atoms with E-state index < -0.39 is 273 Å². The quantitative estimate of drug-likeness (QED) is 0.0141. The fourth-order valence-corrected chi connectivity index (χ4v) is 21.3. The maximum absolute atomic E-state index is 15.5. The number of carboxylic acid groups (broad SMARTS) is 2. The van der Waals surface area contributed by atoms with Crippen molar-refractivity contribution in [1.29, 1.82) is 0 Å². The maximum Gasteiger partial charge on any atom is 0.335 e. The Bertz CT molecular complexity index is 3310. The molecule has 6 saturated heterocycles. The summed E-state index contributed by atoms with van der Waals surface area (Å²) in [7, 11) is 0. The van der Waals surface area contributed by atoms with Gasteiger partial charge in [0.2, 0.25) is 11.8 Å². The lowest BCUT2D eigenvalue weighted by atomic mass is 9.33. The Morgan fingerprint density at radius 1 is 0.539 bits per heavy atom. The van der Waals surface area contributed by atoms with Crippen LogP contribution in [0.4, 0.5) is 0 Å². The Balaban J connectivity index is 0.797. The molecule has 5 aliphatic carbocycles. The summed E-state index contributed by atoms with van der Waals surface area (Å²) in [6, 6.07) is -1.35. The molecule has 20 N–H and O–H groups in total. The number of hydrogen-bond donors (Lipinski definition) is 20. The van der Waals surface area contributed by atoms with Crippen molar-refractivity contribution in [3.63, 3.8) is 0 Å². The third-order valence-electron chi connectivity index (χ3n) is 28.2. The Kier molecular flexibility index (Phi) is 30.0. The average Bonchev–Trinajstić information content (AvgIpc) is 0.669. The number of rotatable bonds is 31. The highest BCUT2D eigenvalue weighted by Crippen LogP contribution is 2.76. The fourth-order valence-electron chi connectivity index (χ4n) is 21.3. The lowest BCUT2D eigenvalue weighted by Gasteiger charge is -2.71. The Hall–Kier alpha value is -3.83. The van der Waals surface area contributed by atoms with Crippen molar-refractivity contribution in [1.82, 2.24) is 10.6 Å². The highest BCUT2D eigenvalue weighted by atomic mass is 16.8. The number of aldehydes is 1. The van der Waals surface area contributed by atoms with Crippen LogP contribution in [0, 0.1) is 50.2 Å². The van der Waals surface area contributed by atoms with Gasteiger partial charge in [-0.15, -0.1) is 0 Å². The van der Waals surface area contributed by atoms with Crippen LogP contribution in [0.5, 0.6) is 0 Å². The number of hydrogen-bond acceptors (Lipinski definition) is 33. The third-order valence-corrected chi connectivity index (χ3v) is 28.2. The maximum atomic E-state index is 15.5. The van der Waals surface area contributed by atoms with Crippen molar-refractivity contribution in [3.8, 4) is 0 Å². The molecule has 0 aromatic carbocycles. The van der Waals surface area contributed by atoms with Crippen LogP contribution in [0.1, 0.15) is 170 Å². The monoisotopic (exact) mass is 1650 g/mol. The van der Waals surface area contributed by atoms with E-state index in [1.165, 1.54) is 6.92 Å². The van der Waals surface area contributed by atoms with Crippen molar-refractivity contribution in [2.75, 3.05) is 39.6 Å². The first-order valence-corrected chi connectivity index (χ1v) is 41.0. The molecule has 11 aliphatic rings. The first kappa shape index (κ1) is 91.9. The number of carboxylic acids is 2. The van der Waals surface area contributed by atoms with Gasteiger partial charge in [0.15, 0.2) is 43.8 Å². The number of aliphatic hydroxyl groups excluding tert-OH is 16. The van der Waals surface area contributed by atoms with Gasteiger partial charge in [-0.25, -0.2) is 4.79 Å². The minimum atomic E-state index is -2.21. The van der Waals surface area contributed by atoms with Gasteiger partial charge in [0.1, 0.15) is 122 Å². The number of carbonyl (C=O) groups excluding carboxylic acids is 3. The molecule has 658 valence electrons. The number of carbonyl (C=O) groups is 5. The van der Waals surface area contributed by atoms with Gasteiger partial charge in [-0.2, -0.15) is 0 Å². The molecule has 0 bridgehead atoms. The molecule has 0 radical (unpaired) electrons. The molecule has 37 nitrogen and oxygen atoms in total. The molecule has 6 heterocycles. The van der Waals surface area contributed by atoms with Gasteiger partial charge in [-0.3, -0.25) is 14.4 Å². The van der Waals surface area contributed by atoms with E-state index in [0.29, 0.717) is 64.2 Å². The van der Waals surface area contributed by atoms with Crippen LogP contribution < -0.4 is 10.6 Å². The highest BCUT2D eigenvalue weighted by molar-refractivity contribution is 5.85. The van der Waals surface area contributed by atoms with E-state index in [0.717, 1.165) is 44.0 Å². The molecule has 115 heavy (non-hydrogen) atoms. The molecular formula is C78H126N2O35. The Labute approximate surface area is 667 Å². The molecule has 4 saturated carbocycles. The van der Waals surface area contributed by atoms with Crippen molar-refractivity contribution >= 4 is 30.0 Å². The van der Waals surface area contributed by atoms with E-state index in [4.69, 9.17) is 61.9 Å². The zero-order valence-electron chi connectivity index (χ0n) is 66.4. The standard InChI is InChI=1S/C78H126N2O35/c1-35-60(111-66-55(96)49(90)38(84)32-105-66)54(95)58(99)68(107-35)114-63-52(93)48(80-46(87)16-14-12-10-8-9-11-13-15-17-47(88)89)40(30-81)108-70(63)104-27-26-79-72(103)78-25-24-73(2,3)28-37(78)36-18-19-43-74(4)22-21-45(75(5,34-83)42(74)20-23-76(43,6)77(36,7)29-44(78)86)110-71-64(115-69-57(98)53(94)51(92)41(31-82)109-69)61(59(100)62(113-71)65(101)102)112-67-56(97)50(91)39(85)33-106-67/h18,34-35,37-45,48-64,66-71,81-82,84-86,90-100H,8-17,19-33H2,1-7H3,(H,79,103)(H,80,87)(H,88,89)(H,101,102)/t35?,37?,38-,39-,40?,41?,42-,43?,44+,45+,48+,49?,50-,51+,52?,53+,54?,55?,56?,57?,58?,59+,60+,61+,62?,63?,64?,66+,67+,68+,69+,70-,71-,74?,75-,76?,77-,78-/m1/s1. The number of nitrogens with one attached hydrogen (secondary N) is 2. The van der Waals surface area contributed by atoms with Gasteiger partial charge in [0, 0.05) is 19.4 Å². The topological polar surface area (TPSA) is 584 Å². The molecule has 0 spiro atoms. The van der Waals surface area contributed by atoms with E-state index in [9.17, 15) is 106 Å². The minimum Gasteiger partial charge on any atom is -0.481 e. The lowest BCUT2D eigenvalue weighted by Crippen LogP contribution is -2.69. The summed E-state index contributed by atoms with van der Waals surface area (Å²) in [5, 5.41) is 203. The van der Waals surface area contributed by atoms with Crippen molar-refractivity contribution < 1.29 is 173 Å². The summed E-state index contributed by atoms with van der Waals surface area (Å²) < 4.78 is 72.5. The van der Waals surface area contributed by atoms with Gasteiger partial charge >= 0.3 is 11.9 Å². The summed E-state index contributed by atoms with van der Waals surface area (Å²) in [5.74, 6) is -4.64. The van der Waals surface area contributed by atoms with Gasteiger partial charge in [0.25, 0.3) is 0 Å². The molecule has 11 rings (SSSR count). The second kappa shape index (κ2) is 37.5. The molecule has 38 atom stereocenters. The van der Waals surface area contributed by atoms with E-state index in [2.05, 4.69) is 51.3 Å². The van der Waals surface area contributed by atoms with Crippen molar-refractivity contribution in [3.05, 3.63) is 11.6 Å². The largest absolute Gasteiger partial charge is 0.481 e. The number of unbranched alkanes of at least 4 members (excludes halogenated alkanes) is 7. The van der Waals surface area contributed by atoms with Crippen LogP contribution in [0.25, 0.3) is 0 Å². The Morgan fingerprint density at radius 3 is 1.71 bits per heavy atom. The SMILES string of the molecule is CC1O[C@@H](OC2C(O)[C@@H](NC(=O)CCCCCCCCCCC(=O)O)C(CO)O[C@H]2OCCNC(=O)[C@]23CCC(C)(C)CC2C2=CCC4C5(C)CC[C@H](O[C@@H]6OC(C(=O)O)[C@@H](O)[C@H](O[C@@H]7OC[C@@H](O)[C@@H](O)C7O)C6O[C@@H]6OC(CO)[C@H](O)[C@H](O)C6O)[C@](C)(C=O)[C@@H]5CCC4(C)[C@]2(C)C[C@@H]3O)C(O)C(O)[C@H]1O[C@@H]1OC[C@@H](O)C(O)C1O. The zero-order chi connectivity index (χ0) is 83.9. The van der Waals surface area contributed by atoms with Crippen LogP contribution in [-0.2, 0) is 80.8 Å². The molecule has 37 heteroatoms. The van der Waals surface area contributed by atoms with Gasteiger partial charge in [0.05, 0.1) is 68.2 Å². The smallest absolute Gasteiger partial charge is 0.335 e. The normalized spacial score (nSPS) is 47.8. The summed E-state index contributed by atoms with van der Waals surface area (Å²) in [5.41, 5.74) is -4.09. The summed E-state index contributed by atoms with van der Waals surface area (Å²) >= 11 is 0. The number of aliphatic hydroxyl groups is 16. The van der Waals surface area contributed by atoms with E-state index in [-0.39, 0.29) is 50.2 Å². The summed E-state index contributed by atoms with van der Waals surface area (Å²) in [6.07, 6.45) is -37.6. The molecular weight excluding hydrogens is 1520 g/mol. The van der Waals surface area contributed by atoms with Gasteiger partial charge in [-0.05, 0) is 117 Å². The van der Waals surface area contributed by atoms with Crippen LogP contribution in [0.15, 0.2) is 11.6 Å². The van der Waals surface area contributed by atoms with Gasteiger partial charge in [-0.1, -0.05) is 91.7 Å². The van der Waals surface area contributed by atoms with Crippen LogP contribution in [-0.4, -0.2) is 346 Å². The molecule has 0 aromatic rings. The number of aliphatic carboxylic acids is 2. The molecule has 2 amide bonds. The average molecular weight is 1650 g/mol. The highest BCUT2D eigenvalue weighted by Gasteiger charge is 2.73. The van der Waals surface area contributed by atoms with E-state index in [1.807, 2.05) is 0 Å². The number of ether oxygens (including phenoxy) is 12. The molecule has 17 unspecified atom stereocenters. The second-order valence-corrected chi connectivity index (χ2v) is 35.8. The fraction of sp³-hybridized carbons (Fsp3) is 0.910. The van der Waals surface area contributed by atoms with Crippen molar-refractivity contribution in [2.24, 2.45) is 50.2 Å². The lowest BCUT2D eigenvalue weighted by molar-refractivity contribution is -0.391. The third kappa shape index (κ3) is 18.2. The van der Waals surface area contributed by atoms with Crippen LogP contribution in [0.2, 0.25) is 0 Å². The van der Waals surface area contributed by atoms with Crippen LogP contribution in [0.3, 0.4) is 0 Å². The number of fused-ring (bicyclic) bond motifs is 7. The first-order valence-electron chi connectivity index (χ1n) is 41.0. The zero-order valence-corrected chi connectivity index (χ0v) is 66.4. The summed E-state index contributed by atoms with van der Waals surface area (Å²) in [4.78, 5) is 67.4. The molecule has 0 aromatic heterocycles. The van der Waals surface area contributed by atoms with Crippen molar-refractivity contribution in [2.45, 2.75) is 355 Å².